The number of fused-ring (bicyclic) bond motifs is 9. The summed E-state index contributed by atoms with van der Waals surface area (Å²) in [6.45, 7) is 9.60. The minimum Gasteiger partial charge on any atom is -0.143 e. The zero-order valence-corrected chi connectivity index (χ0v) is 27.1. The molecule has 2 aliphatic carbocycles. The van der Waals surface area contributed by atoms with Gasteiger partial charge in [-0.15, -0.1) is 45.3 Å². The van der Waals surface area contributed by atoms with Crippen molar-refractivity contribution in [3.63, 3.8) is 0 Å². The highest BCUT2D eigenvalue weighted by molar-refractivity contribution is 7.34. The van der Waals surface area contributed by atoms with Crippen molar-refractivity contribution in [3.05, 3.63) is 45.1 Å². The van der Waals surface area contributed by atoms with Crippen LogP contribution in [-0.4, -0.2) is 0 Å². The molecule has 0 radical (unpaired) electrons. The summed E-state index contributed by atoms with van der Waals surface area (Å²) in [5.41, 5.74) is 7.01. The fourth-order valence-corrected chi connectivity index (χ4v) is 13.2. The van der Waals surface area contributed by atoms with Crippen LogP contribution in [0.25, 0.3) is 28.9 Å². The zero-order valence-electron chi connectivity index (χ0n) is 23.8. The molecule has 38 heavy (non-hydrogen) atoms. The lowest BCUT2D eigenvalue weighted by molar-refractivity contribution is 0.401. The van der Waals surface area contributed by atoms with Gasteiger partial charge in [-0.2, -0.15) is 0 Å². The summed E-state index contributed by atoms with van der Waals surface area (Å²) < 4.78 is 3.28. The fraction of sp³-hybridized carbons (Fsp3) is 0.588. The van der Waals surface area contributed by atoms with Gasteiger partial charge in [0.2, 0.25) is 0 Å². The summed E-state index contributed by atoms with van der Waals surface area (Å²) in [5, 5.41) is 4.71. The highest BCUT2D eigenvalue weighted by Gasteiger charge is 2.49. The van der Waals surface area contributed by atoms with Gasteiger partial charge in [-0.3, -0.25) is 0 Å². The molecule has 0 saturated carbocycles. The highest BCUT2D eigenvalue weighted by atomic mass is 32.1. The van der Waals surface area contributed by atoms with Crippen LogP contribution in [0, 0.1) is 0 Å². The van der Waals surface area contributed by atoms with Crippen LogP contribution < -0.4 is 0 Å². The van der Waals surface area contributed by atoms with Crippen LogP contribution >= 0.6 is 45.3 Å². The lowest BCUT2D eigenvalue weighted by Gasteiger charge is -2.32. The average molecular weight is 581 g/mol. The monoisotopic (exact) mass is 580 g/mol. The van der Waals surface area contributed by atoms with Gasteiger partial charge >= 0.3 is 0 Å². The highest BCUT2D eigenvalue weighted by Crippen LogP contribution is 2.66. The van der Waals surface area contributed by atoms with Crippen molar-refractivity contribution in [2.75, 3.05) is 0 Å². The van der Waals surface area contributed by atoms with Crippen molar-refractivity contribution in [2.45, 2.75) is 128 Å². The Morgan fingerprint density at radius 1 is 0.553 bits per heavy atom. The smallest absolute Gasteiger partial charge is 0.0508 e. The van der Waals surface area contributed by atoms with Crippen LogP contribution in [0.4, 0.5) is 0 Å². The van der Waals surface area contributed by atoms with E-state index in [1.165, 1.54) is 89.9 Å². The maximum absolute atomic E-state index is 2.52. The normalized spacial score (nSPS) is 16.2. The molecule has 4 aromatic heterocycles. The first kappa shape index (κ1) is 27.2. The van der Waals surface area contributed by atoms with E-state index in [9.17, 15) is 0 Å². The zero-order chi connectivity index (χ0) is 26.3. The van der Waals surface area contributed by atoms with Crippen molar-refractivity contribution in [2.24, 2.45) is 0 Å². The van der Waals surface area contributed by atoms with E-state index in [4.69, 9.17) is 0 Å². The van der Waals surface area contributed by atoms with Gasteiger partial charge in [0.25, 0.3) is 0 Å². The van der Waals surface area contributed by atoms with Gasteiger partial charge in [0.15, 0.2) is 0 Å². The van der Waals surface area contributed by atoms with E-state index < -0.39 is 0 Å². The molecular formula is C34H44S4. The van der Waals surface area contributed by atoms with Crippen LogP contribution in [0.3, 0.4) is 0 Å². The molecule has 0 saturated heterocycles. The van der Waals surface area contributed by atoms with Crippen molar-refractivity contribution < 1.29 is 0 Å². The third-order valence-electron chi connectivity index (χ3n) is 9.47. The van der Waals surface area contributed by atoms with Gasteiger partial charge in [0.05, 0.1) is 19.2 Å². The summed E-state index contributed by atoms with van der Waals surface area (Å²) >= 11 is 8.28. The molecule has 204 valence electrons. The van der Waals surface area contributed by atoms with Crippen LogP contribution in [0.1, 0.15) is 140 Å². The summed E-state index contributed by atoms with van der Waals surface area (Å²) in [4.78, 5) is 6.40. The van der Waals surface area contributed by atoms with Gasteiger partial charge in [0, 0.05) is 26.1 Å². The fourth-order valence-electron chi connectivity index (χ4n) is 7.42. The van der Waals surface area contributed by atoms with Gasteiger partial charge < -0.3 is 0 Å². The number of hydrogen-bond acceptors (Lipinski definition) is 4. The molecular weight excluding hydrogens is 537 g/mol. The van der Waals surface area contributed by atoms with Crippen LogP contribution in [0.5, 0.6) is 0 Å². The quantitative estimate of drug-likeness (QED) is 0.130. The first-order chi connectivity index (χ1) is 18.5. The van der Waals surface area contributed by atoms with E-state index in [1.807, 2.05) is 22.7 Å². The Labute approximate surface area is 246 Å². The van der Waals surface area contributed by atoms with Crippen LogP contribution in [0.2, 0.25) is 0 Å². The molecule has 6 rings (SSSR count). The second kappa shape index (κ2) is 11.1. The Kier molecular flexibility index (Phi) is 7.99. The Hall–Kier alpha value is -0.940. The minimum atomic E-state index is 0.126. The SMILES string of the molecule is CCCCCCCCC1(CCCCCCCC)c2ccsc2-c2sc3c4c(sc3c21)-c1sccc1C4(C)C. The molecule has 0 atom stereocenters. The molecule has 0 spiro atoms. The molecule has 0 bridgehead atoms. The summed E-state index contributed by atoms with van der Waals surface area (Å²) in [7, 11) is 0. The molecule has 0 N–H and O–H groups in total. The van der Waals surface area contributed by atoms with Crippen molar-refractivity contribution in [3.8, 4) is 19.5 Å². The maximum Gasteiger partial charge on any atom is 0.0508 e. The largest absolute Gasteiger partial charge is 0.143 e. The standard InChI is InChI=1S/C34H44S4/c1-5-7-9-11-13-15-19-34(20-16-14-12-10-8-6-2)24-18-22-36-28(24)31-26(34)32-30(38-31)25-29(37-32)27-23(17-21-35-27)33(25,3)4/h17-18,21-22H,5-16,19-20H2,1-4H3. The van der Waals surface area contributed by atoms with E-state index in [0.29, 0.717) is 0 Å². The van der Waals surface area contributed by atoms with E-state index in [-0.39, 0.29) is 10.8 Å². The maximum atomic E-state index is 2.52. The molecule has 0 aromatic carbocycles. The second-order valence-corrected chi connectivity index (χ2v) is 16.2. The van der Waals surface area contributed by atoms with E-state index in [1.54, 1.807) is 51.2 Å². The summed E-state index contributed by atoms with van der Waals surface area (Å²) in [5.74, 6) is 0. The Bertz CT molecular complexity index is 1370. The van der Waals surface area contributed by atoms with Gasteiger partial charge in [-0.25, -0.2) is 0 Å². The molecule has 0 fully saturated rings. The third kappa shape index (κ3) is 4.32. The predicted molar refractivity (Wildman–Crippen MR) is 175 cm³/mol. The molecule has 0 aliphatic heterocycles. The molecule has 4 heteroatoms. The van der Waals surface area contributed by atoms with E-state index in [2.05, 4.69) is 73.3 Å². The summed E-state index contributed by atoms with van der Waals surface area (Å²) in [6.07, 6.45) is 19.3. The topological polar surface area (TPSA) is 0 Å². The van der Waals surface area contributed by atoms with Gasteiger partial charge in [-0.1, -0.05) is 105 Å². The van der Waals surface area contributed by atoms with E-state index in [0.717, 1.165) is 0 Å². The number of rotatable bonds is 14. The molecule has 0 unspecified atom stereocenters. The molecule has 4 heterocycles. The lowest BCUT2D eigenvalue weighted by Crippen LogP contribution is -2.25. The molecule has 0 amide bonds. The summed E-state index contributed by atoms with van der Waals surface area (Å²) in [6, 6.07) is 4.91. The van der Waals surface area contributed by atoms with Gasteiger partial charge in [-0.05, 0) is 52.4 Å². The van der Waals surface area contributed by atoms with Gasteiger partial charge in [0.1, 0.15) is 0 Å². The first-order valence-electron chi connectivity index (χ1n) is 15.3. The first-order valence-corrected chi connectivity index (χ1v) is 18.7. The lowest BCUT2D eigenvalue weighted by atomic mass is 9.71. The van der Waals surface area contributed by atoms with Crippen LogP contribution in [0.15, 0.2) is 22.9 Å². The molecule has 2 aliphatic rings. The Morgan fingerprint density at radius 3 is 1.63 bits per heavy atom. The third-order valence-corrected chi connectivity index (χ3v) is 14.2. The predicted octanol–water partition coefficient (Wildman–Crippen LogP) is 13.2. The second-order valence-electron chi connectivity index (χ2n) is 12.3. The Morgan fingerprint density at radius 2 is 1.03 bits per heavy atom. The average Bonchev–Trinajstić information content (AvgIpc) is 3.70. The Balaban J connectivity index is 1.39. The number of thiophene rings is 4. The van der Waals surface area contributed by atoms with E-state index >= 15 is 0 Å². The molecule has 0 nitrogen and oxygen atoms in total. The van der Waals surface area contributed by atoms with Crippen molar-refractivity contribution in [1.29, 1.82) is 0 Å². The molecule has 4 aromatic rings. The number of unbranched alkanes of at least 4 members (excludes halogenated alkanes) is 10. The van der Waals surface area contributed by atoms with Crippen LogP contribution in [-0.2, 0) is 10.8 Å². The number of hydrogen-bond donors (Lipinski definition) is 0. The van der Waals surface area contributed by atoms with Crippen molar-refractivity contribution in [1.82, 2.24) is 0 Å². The van der Waals surface area contributed by atoms with Crippen molar-refractivity contribution >= 4 is 54.7 Å². The minimum absolute atomic E-state index is 0.126.